The molecule has 1 aromatic heterocycles. The van der Waals surface area contributed by atoms with E-state index in [0.29, 0.717) is 34.2 Å². The standard InChI is InChI=1S/C20H13BrClFN4O2/c21-14-5-12-16(6-15(14)23)25-19(29)20(12)7-17(28)26-18-13(20)8-24-27(18)9-10-1-3-11(22)4-2-10/h1-6,8H,7,9H2,(H,25,29)(H,26,28)/t20-/m1/s1. The molecule has 3 aromatic rings. The second kappa shape index (κ2) is 6.40. The number of nitrogens with one attached hydrogen (secondary N) is 2. The average Bonchev–Trinajstić information content (AvgIpc) is 3.18. The molecule has 1 atom stereocenters. The average molecular weight is 476 g/mol. The fraction of sp³-hybridized carbons (Fsp3) is 0.150. The third kappa shape index (κ3) is 2.70. The number of carbonyl (C=O) groups excluding carboxylic acids is 2. The van der Waals surface area contributed by atoms with E-state index in [2.05, 4.69) is 31.7 Å². The fourth-order valence-corrected chi connectivity index (χ4v) is 4.49. The Balaban J connectivity index is 1.65. The lowest BCUT2D eigenvalue weighted by atomic mass is 9.72. The highest BCUT2D eigenvalue weighted by atomic mass is 79.9. The number of amides is 2. The quantitative estimate of drug-likeness (QED) is 0.587. The molecule has 9 heteroatoms. The van der Waals surface area contributed by atoms with Gasteiger partial charge in [0.25, 0.3) is 0 Å². The Kier molecular flexibility index (Phi) is 4.04. The molecule has 29 heavy (non-hydrogen) atoms. The van der Waals surface area contributed by atoms with Crippen molar-refractivity contribution in [3.63, 3.8) is 0 Å². The normalized spacial score (nSPS) is 19.7. The van der Waals surface area contributed by atoms with Gasteiger partial charge in [-0.1, -0.05) is 23.7 Å². The van der Waals surface area contributed by atoms with Crippen LogP contribution in [0.1, 0.15) is 23.1 Å². The number of benzene rings is 2. The Morgan fingerprint density at radius 1 is 1.17 bits per heavy atom. The van der Waals surface area contributed by atoms with E-state index in [0.717, 1.165) is 5.56 Å². The van der Waals surface area contributed by atoms with Gasteiger partial charge >= 0.3 is 0 Å². The van der Waals surface area contributed by atoms with E-state index in [-0.39, 0.29) is 22.7 Å². The van der Waals surface area contributed by atoms with E-state index in [9.17, 15) is 14.0 Å². The molecule has 146 valence electrons. The zero-order valence-corrected chi connectivity index (χ0v) is 17.1. The van der Waals surface area contributed by atoms with Crippen LogP contribution >= 0.6 is 27.5 Å². The van der Waals surface area contributed by atoms with Gasteiger partial charge in [-0.25, -0.2) is 9.07 Å². The van der Waals surface area contributed by atoms with Crippen molar-refractivity contribution in [1.29, 1.82) is 0 Å². The van der Waals surface area contributed by atoms with Crippen LogP contribution in [0.2, 0.25) is 5.02 Å². The number of rotatable bonds is 2. The highest BCUT2D eigenvalue weighted by Gasteiger charge is 2.54. The first-order chi connectivity index (χ1) is 13.9. The lowest BCUT2D eigenvalue weighted by molar-refractivity contribution is -0.125. The van der Waals surface area contributed by atoms with Crippen molar-refractivity contribution < 1.29 is 14.0 Å². The van der Waals surface area contributed by atoms with Gasteiger partial charge in [-0.05, 0) is 51.3 Å². The van der Waals surface area contributed by atoms with Gasteiger partial charge in [0.2, 0.25) is 11.8 Å². The first kappa shape index (κ1) is 18.3. The number of fused-ring (bicyclic) bond motifs is 4. The minimum atomic E-state index is -1.25. The topological polar surface area (TPSA) is 76.0 Å². The van der Waals surface area contributed by atoms with E-state index < -0.39 is 11.2 Å². The molecule has 0 saturated heterocycles. The Hall–Kier alpha value is -2.71. The molecule has 6 nitrogen and oxygen atoms in total. The van der Waals surface area contributed by atoms with Crippen LogP contribution in [0.3, 0.4) is 0 Å². The predicted molar refractivity (Wildman–Crippen MR) is 110 cm³/mol. The van der Waals surface area contributed by atoms with Crippen molar-refractivity contribution in [2.24, 2.45) is 0 Å². The Morgan fingerprint density at radius 3 is 2.69 bits per heavy atom. The van der Waals surface area contributed by atoms with Crippen LogP contribution in [0, 0.1) is 5.82 Å². The van der Waals surface area contributed by atoms with Crippen molar-refractivity contribution in [3.8, 4) is 0 Å². The van der Waals surface area contributed by atoms with E-state index in [4.69, 9.17) is 11.6 Å². The number of anilines is 2. The highest BCUT2D eigenvalue weighted by molar-refractivity contribution is 9.10. The fourth-order valence-electron chi connectivity index (χ4n) is 4.02. The third-order valence-corrected chi connectivity index (χ3v) is 6.24. The Labute approximate surface area is 178 Å². The summed E-state index contributed by atoms with van der Waals surface area (Å²) in [5, 5.41) is 10.6. The summed E-state index contributed by atoms with van der Waals surface area (Å²) < 4.78 is 15.9. The summed E-state index contributed by atoms with van der Waals surface area (Å²) in [6.07, 6.45) is 1.51. The van der Waals surface area contributed by atoms with Crippen molar-refractivity contribution in [2.75, 3.05) is 10.6 Å². The number of carbonyl (C=O) groups is 2. The van der Waals surface area contributed by atoms with Gasteiger partial charge in [0.05, 0.1) is 17.2 Å². The smallest absolute Gasteiger partial charge is 0.240 e. The number of aromatic nitrogens is 2. The molecule has 2 amide bonds. The van der Waals surface area contributed by atoms with Crippen molar-refractivity contribution in [1.82, 2.24) is 9.78 Å². The van der Waals surface area contributed by atoms with Crippen molar-refractivity contribution in [3.05, 3.63) is 74.6 Å². The van der Waals surface area contributed by atoms with E-state index in [1.165, 1.54) is 6.07 Å². The molecular weight excluding hydrogens is 463 g/mol. The first-order valence-corrected chi connectivity index (χ1v) is 9.97. The molecule has 2 aliphatic rings. The van der Waals surface area contributed by atoms with Crippen molar-refractivity contribution in [2.45, 2.75) is 18.4 Å². The van der Waals surface area contributed by atoms with E-state index in [1.807, 2.05) is 12.1 Å². The lowest BCUT2D eigenvalue weighted by Gasteiger charge is -2.31. The van der Waals surface area contributed by atoms with Crippen LogP contribution in [0.15, 0.2) is 47.1 Å². The van der Waals surface area contributed by atoms with Crippen LogP contribution in [0.25, 0.3) is 0 Å². The number of halogens is 3. The molecule has 1 spiro atoms. The van der Waals surface area contributed by atoms with Gasteiger partial charge in [0.15, 0.2) is 0 Å². The van der Waals surface area contributed by atoms with E-state index in [1.54, 1.807) is 29.1 Å². The maximum absolute atomic E-state index is 14.0. The number of hydrogen-bond donors (Lipinski definition) is 2. The molecule has 0 bridgehead atoms. The molecule has 2 aromatic carbocycles. The van der Waals surface area contributed by atoms with Crippen LogP contribution in [-0.2, 0) is 21.5 Å². The molecule has 2 N–H and O–H groups in total. The van der Waals surface area contributed by atoms with Crippen LogP contribution in [0.5, 0.6) is 0 Å². The maximum atomic E-state index is 14.0. The molecular formula is C20H13BrClFN4O2. The summed E-state index contributed by atoms with van der Waals surface area (Å²) in [6.45, 7) is 0.393. The summed E-state index contributed by atoms with van der Waals surface area (Å²) in [5.41, 5.74) is 1.19. The Morgan fingerprint density at radius 2 is 1.93 bits per heavy atom. The van der Waals surface area contributed by atoms with Crippen LogP contribution in [0.4, 0.5) is 15.9 Å². The SMILES string of the molecule is O=C1C[C@]2(C(=O)Nc3cc(F)c(Br)cc32)c2cnn(Cc3ccc(Cl)cc3)c2N1. The summed E-state index contributed by atoms with van der Waals surface area (Å²) >= 11 is 9.13. The number of hydrogen-bond acceptors (Lipinski definition) is 3. The van der Waals surface area contributed by atoms with Gasteiger partial charge in [-0.15, -0.1) is 0 Å². The summed E-state index contributed by atoms with van der Waals surface area (Å²) in [5.74, 6) is -0.703. The Bertz CT molecular complexity index is 1190. The second-order valence-electron chi connectivity index (χ2n) is 7.09. The van der Waals surface area contributed by atoms with Crippen molar-refractivity contribution >= 4 is 50.9 Å². The van der Waals surface area contributed by atoms with Gasteiger partial charge in [-0.3, -0.25) is 9.59 Å². The molecule has 0 radical (unpaired) electrons. The molecule has 0 unspecified atom stereocenters. The predicted octanol–water partition coefficient (Wildman–Crippen LogP) is 4.07. The zero-order valence-electron chi connectivity index (χ0n) is 14.8. The molecule has 0 saturated carbocycles. The monoisotopic (exact) mass is 474 g/mol. The zero-order chi connectivity index (χ0) is 20.3. The van der Waals surface area contributed by atoms with Gasteiger partial charge in [-0.2, -0.15) is 5.10 Å². The maximum Gasteiger partial charge on any atom is 0.240 e. The second-order valence-corrected chi connectivity index (χ2v) is 8.38. The lowest BCUT2D eigenvalue weighted by Crippen LogP contribution is -2.43. The largest absolute Gasteiger partial charge is 0.325 e. The first-order valence-electron chi connectivity index (χ1n) is 8.80. The molecule has 2 aliphatic heterocycles. The summed E-state index contributed by atoms with van der Waals surface area (Å²) in [4.78, 5) is 25.7. The van der Waals surface area contributed by atoms with Crippen LogP contribution < -0.4 is 10.6 Å². The molecule has 0 aliphatic carbocycles. The van der Waals surface area contributed by atoms with Crippen LogP contribution in [-0.4, -0.2) is 21.6 Å². The summed E-state index contributed by atoms with van der Waals surface area (Å²) in [7, 11) is 0. The van der Waals surface area contributed by atoms with Gasteiger partial charge in [0, 0.05) is 22.7 Å². The number of nitrogens with zero attached hydrogens (tertiary/aromatic N) is 2. The molecule has 0 fully saturated rings. The minimum Gasteiger partial charge on any atom is -0.325 e. The molecule has 5 rings (SSSR count). The van der Waals surface area contributed by atoms with Gasteiger partial charge in [0.1, 0.15) is 17.1 Å². The molecule has 3 heterocycles. The van der Waals surface area contributed by atoms with E-state index >= 15 is 0 Å². The summed E-state index contributed by atoms with van der Waals surface area (Å²) in [6, 6.07) is 10.1. The minimum absolute atomic E-state index is 0.0798. The highest BCUT2D eigenvalue weighted by Crippen LogP contribution is 2.50. The third-order valence-electron chi connectivity index (χ3n) is 5.38. The van der Waals surface area contributed by atoms with Gasteiger partial charge < -0.3 is 10.6 Å².